The van der Waals surface area contributed by atoms with Gasteiger partial charge < -0.3 is 20.5 Å². The lowest BCUT2D eigenvalue weighted by molar-refractivity contribution is -0.109. The number of nitrogens with one attached hydrogen (secondary N) is 4. The lowest BCUT2D eigenvalue weighted by Crippen LogP contribution is -2.18. The van der Waals surface area contributed by atoms with E-state index in [1.807, 2.05) is 30.3 Å². The van der Waals surface area contributed by atoms with Crippen molar-refractivity contribution in [2.75, 3.05) is 22.7 Å². The van der Waals surface area contributed by atoms with Crippen LogP contribution in [0.15, 0.2) is 113 Å². The normalized spacial score (nSPS) is 10.9. The van der Waals surface area contributed by atoms with Crippen LogP contribution in [0.1, 0.15) is 105 Å². The number of unbranched alkanes of at least 4 members (excludes halogenated alkanes) is 11. The van der Waals surface area contributed by atoms with E-state index in [0.29, 0.717) is 67.9 Å². The Morgan fingerprint density at radius 1 is 0.733 bits per heavy atom. The zero-order chi connectivity index (χ0) is 41.9. The lowest BCUT2D eigenvalue weighted by atomic mass is 10.0. The number of aromatic hydroxyl groups is 1. The predicted octanol–water partition coefficient (Wildman–Crippen LogP) is 10.3. The average Bonchev–Trinajstić information content (AvgIpc) is 3.74. The number of nitrogens with zero attached hydrogens (tertiary/aromatic N) is 4. The molecule has 0 saturated carbocycles. The first kappa shape index (κ1) is 43.2. The lowest BCUT2D eigenvalue weighted by Gasteiger charge is -2.15. The summed E-state index contributed by atoms with van der Waals surface area (Å²) < 4.78 is 7.65. The largest absolute Gasteiger partial charge is 0.506 e. The van der Waals surface area contributed by atoms with Gasteiger partial charge in [0.25, 0.3) is 11.8 Å². The third-order valence-electron chi connectivity index (χ3n) is 10.0. The van der Waals surface area contributed by atoms with Crippen LogP contribution in [0.4, 0.5) is 17.1 Å². The Labute approximate surface area is 354 Å². The van der Waals surface area contributed by atoms with Gasteiger partial charge in [0.1, 0.15) is 11.5 Å². The topological polar surface area (TPSA) is 172 Å². The fraction of sp³-hybridized carbons (Fsp3) is 0.304. The molecule has 6 rings (SSSR count). The van der Waals surface area contributed by atoms with E-state index in [-0.39, 0.29) is 17.2 Å². The zero-order valence-corrected chi connectivity index (χ0v) is 34.7. The standard InChI is InChI=1S/C46H52N8O5S/c1-2-3-4-5-6-7-8-9-10-11-12-17-29-59-41-24-16-15-23-40(41)49-45(58)39-31-42(37-21-13-14-22-38(37)43(39)56)60-46-51-52-53-54(46)36-20-18-19-33(30-36)44(57)48-34-25-27-35(28-26-34)50-47-32-55/h13-16,18-28,30-32,50,56H,2-12,17,29H2,1H3,(H,47,55)(H,48,57)(H,49,58). The summed E-state index contributed by atoms with van der Waals surface area (Å²) in [5.74, 6) is -0.423. The summed E-state index contributed by atoms with van der Waals surface area (Å²) in [5, 5.41) is 31.2. The van der Waals surface area contributed by atoms with Crippen molar-refractivity contribution in [3.05, 3.63) is 114 Å². The number of hydrazine groups is 1. The van der Waals surface area contributed by atoms with Crippen LogP contribution in [0.25, 0.3) is 16.5 Å². The highest BCUT2D eigenvalue weighted by atomic mass is 32.2. The maximum absolute atomic E-state index is 13.9. The summed E-state index contributed by atoms with van der Waals surface area (Å²) in [6, 6.07) is 29.9. The van der Waals surface area contributed by atoms with Crippen molar-refractivity contribution in [1.29, 1.82) is 0 Å². The Bertz CT molecular complexity index is 2330. The first-order valence-electron chi connectivity index (χ1n) is 20.7. The highest BCUT2D eigenvalue weighted by molar-refractivity contribution is 7.99. The molecule has 14 heteroatoms. The second kappa shape index (κ2) is 22.7. The van der Waals surface area contributed by atoms with E-state index in [2.05, 4.69) is 43.9 Å². The number of fused-ring (bicyclic) bond motifs is 1. The number of rotatable bonds is 24. The van der Waals surface area contributed by atoms with Crippen LogP contribution in [-0.4, -0.2) is 50.1 Å². The molecule has 0 bridgehead atoms. The average molecular weight is 829 g/mol. The van der Waals surface area contributed by atoms with Gasteiger partial charge in [0.15, 0.2) is 0 Å². The number of amides is 3. The highest BCUT2D eigenvalue weighted by Gasteiger charge is 2.21. The molecule has 0 atom stereocenters. The number of phenolic OH excluding ortho intramolecular Hbond substituents is 1. The van der Waals surface area contributed by atoms with Crippen molar-refractivity contribution < 1.29 is 24.2 Å². The molecular weight excluding hydrogens is 777 g/mol. The molecule has 1 aromatic heterocycles. The minimum absolute atomic E-state index is 0.0773. The molecule has 0 spiro atoms. The predicted molar refractivity (Wildman–Crippen MR) is 237 cm³/mol. The molecule has 6 aromatic rings. The van der Waals surface area contributed by atoms with E-state index < -0.39 is 5.91 Å². The summed E-state index contributed by atoms with van der Waals surface area (Å²) >= 11 is 1.22. The van der Waals surface area contributed by atoms with Gasteiger partial charge in [-0.3, -0.25) is 25.2 Å². The molecule has 5 aromatic carbocycles. The summed E-state index contributed by atoms with van der Waals surface area (Å²) in [5.41, 5.74) is 7.79. The smallest absolute Gasteiger partial charge is 0.259 e. The first-order chi connectivity index (χ1) is 29.4. The van der Waals surface area contributed by atoms with Crippen molar-refractivity contribution >= 4 is 57.8 Å². The summed E-state index contributed by atoms with van der Waals surface area (Å²) in [6.07, 6.45) is 15.7. The van der Waals surface area contributed by atoms with E-state index in [1.165, 1.54) is 80.7 Å². The van der Waals surface area contributed by atoms with Gasteiger partial charge in [0.05, 0.1) is 29.2 Å². The number of aromatic nitrogens is 4. The third-order valence-corrected chi connectivity index (χ3v) is 11.0. The number of carbonyl (C=O) groups excluding carboxylic acids is 3. The van der Waals surface area contributed by atoms with Crippen LogP contribution in [0, 0.1) is 0 Å². The van der Waals surface area contributed by atoms with Gasteiger partial charge in [-0.05, 0) is 94.7 Å². The van der Waals surface area contributed by atoms with E-state index in [9.17, 15) is 19.5 Å². The van der Waals surface area contributed by atoms with Gasteiger partial charge >= 0.3 is 0 Å². The zero-order valence-electron chi connectivity index (χ0n) is 33.9. The number of anilines is 3. The van der Waals surface area contributed by atoms with Gasteiger partial charge in [0.2, 0.25) is 11.6 Å². The summed E-state index contributed by atoms with van der Waals surface area (Å²) in [7, 11) is 0. The molecule has 1 heterocycles. The number of carbonyl (C=O) groups is 3. The summed E-state index contributed by atoms with van der Waals surface area (Å²) in [4.78, 5) is 38.3. The Morgan fingerprint density at radius 3 is 2.13 bits per heavy atom. The van der Waals surface area contributed by atoms with Crippen LogP contribution in [0.3, 0.4) is 0 Å². The van der Waals surface area contributed by atoms with Gasteiger partial charge in [-0.1, -0.05) is 120 Å². The van der Waals surface area contributed by atoms with Gasteiger partial charge in [-0.2, -0.15) is 4.68 Å². The van der Waals surface area contributed by atoms with E-state index in [4.69, 9.17) is 4.74 Å². The number of hydrogen-bond donors (Lipinski definition) is 5. The maximum atomic E-state index is 13.9. The van der Waals surface area contributed by atoms with Crippen molar-refractivity contribution in [1.82, 2.24) is 25.6 Å². The molecule has 0 unspecified atom stereocenters. The van der Waals surface area contributed by atoms with Gasteiger partial charge in [-0.15, -0.1) is 5.10 Å². The summed E-state index contributed by atoms with van der Waals surface area (Å²) in [6.45, 7) is 2.80. The third kappa shape index (κ3) is 12.1. The molecular formula is C46H52N8O5S. The number of para-hydroxylation sites is 2. The molecule has 5 N–H and O–H groups in total. The van der Waals surface area contributed by atoms with E-state index in [0.717, 1.165) is 12.8 Å². The Kier molecular flexibility index (Phi) is 16.3. The van der Waals surface area contributed by atoms with Crippen molar-refractivity contribution in [3.8, 4) is 17.2 Å². The maximum Gasteiger partial charge on any atom is 0.259 e. The molecule has 0 fully saturated rings. The number of ether oxygens (including phenoxy) is 1. The molecule has 3 amide bonds. The van der Waals surface area contributed by atoms with Crippen LogP contribution >= 0.6 is 11.8 Å². The second-order valence-corrected chi connectivity index (χ2v) is 15.5. The second-order valence-electron chi connectivity index (χ2n) is 14.4. The molecule has 0 radical (unpaired) electrons. The molecule has 60 heavy (non-hydrogen) atoms. The molecule has 0 aliphatic heterocycles. The number of tetrazole rings is 1. The Hall–Kier alpha value is -6.41. The Morgan fingerprint density at radius 2 is 1.40 bits per heavy atom. The first-order valence-corrected chi connectivity index (χ1v) is 21.5. The number of hydrogen-bond acceptors (Lipinski definition) is 10. The van der Waals surface area contributed by atoms with Crippen LogP contribution in [-0.2, 0) is 4.79 Å². The van der Waals surface area contributed by atoms with E-state index >= 15 is 0 Å². The number of phenols is 1. The SMILES string of the molecule is CCCCCCCCCCCCCCOc1ccccc1NC(=O)c1cc(Sc2nnnn2-c2cccc(C(=O)Nc3ccc(NNC=O)cc3)c2)c2ccccc2c1O. The fourth-order valence-electron chi connectivity index (χ4n) is 6.83. The van der Waals surface area contributed by atoms with Gasteiger partial charge in [0, 0.05) is 21.5 Å². The van der Waals surface area contributed by atoms with Crippen molar-refractivity contribution in [2.45, 2.75) is 94.0 Å². The Balaban J connectivity index is 1.09. The van der Waals surface area contributed by atoms with Crippen LogP contribution in [0.5, 0.6) is 11.5 Å². The number of benzene rings is 5. The minimum Gasteiger partial charge on any atom is -0.506 e. The van der Waals surface area contributed by atoms with Crippen molar-refractivity contribution in [2.24, 2.45) is 0 Å². The van der Waals surface area contributed by atoms with E-state index in [1.54, 1.807) is 72.8 Å². The molecule has 0 aliphatic carbocycles. The van der Waals surface area contributed by atoms with Crippen molar-refractivity contribution in [3.63, 3.8) is 0 Å². The van der Waals surface area contributed by atoms with Crippen LogP contribution < -0.4 is 26.2 Å². The highest BCUT2D eigenvalue weighted by Crippen LogP contribution is 2.40. The van der Waals surface area contributed by atoms with Crippen LogP contribution in [0.2, 0.25) is 0 Å². The molecule has 0 saturated heterocycles. The minimum atomic E-state index is -0.497. The monoisotopic (exact) mass is 828 g/mol. The quantitative estimate of drug-likeness (QED) is 0.0225. The fourth-order valence-corrected chi connectivity index (χ4v) is 7.80. The molecule has 0 aliphatic rings. The van der Waals surface area contributed by atoms with Gasteiger partial charge in [-0.25, -0.2) is 0 Å². The molecule has 13 nitrogen and oxygen atoms in total. The molecule has 312 valence electrons.